The molecular formula is C53H87NO7. The maximum atomic E-state index is 12.8. The highest BCUT2D eigenvalue weighted by molar-refractivity contribution is 5.70. The number of carbonyl (C=O) groups excluding carboxylic acids is 3. The van der Waals surface area contributed by atoms with Gasteiger partial charge in [-0.2, -0.15) is 0 Å². The number of allylic oxidation sites excluding steroid dienone is 16. The quantitative estimate of drug-likeness (QED) is 0.0198. The number of likely N-dealkylation sites (N-methyl/N-ethyl adjacent to an activating group) is 1. The third-order valence-electron chi connectivity index (χ3n) is 10.0. The number of hydrogen-bond donors (Lipinski definition) is 0. The van der Waals surface area contributed by atoms with Gasteiger partial charge in [0, 0.05) is 19.3 Å². The number of aliphatic carboxylic acids is 1. The predicted octanol–water partition coefficient (Wildman–Crippen LogP) is 12.1. The van der Waals surface area contributed by atoms with Gasteiger partial charge in [0.1, 0.15) is 12.6 Å². The van der Waals surface area contributed by atoms with Crippen LogP contribution in [0.25, 0.3) is 0 Å². The first-order valence-corrected chi connectivity index (χ1v) is 23.8. The van der Waals surface area contributed by atoms with Crippen molar-refractivity contribution >= 4 is 17.9 Å². The molecule has 2 atom stereocenters. The van der Waals surface area contributed by atoms with Gasteiger partial charge in [0.25, 0.3) is 0 Å². The molecule has 0 aliphatic heterocycles. The molecule has 0 N–H and O–H groups in total. The Bertz CT molecular complexity index is 1310. The number of unbranched alkanes of at least 4 members (excludes halogenated alkanes) is 13. The topological polar surface area (TPSA) is 102 Å². The zero-order chi connectivity index (χ0) is 44.9. The molecule has 0 bridgehead atoms. The molecule has 8 nitrogen and oxygen atoms in total. The Morgan fingerprint density at radius 1 is 0.508 bits per heavy atom. The molecule has 0 fully saturated rings. The summed E-state index contributed by atoms with van der Waals surface area (Å²) in [5.41, 5.74) is 0. The molecule has 8 heteroatoms. The number of carboxylic acids is 1. The number of rotatable bonds is 41. The van der Waals surface area contributed by atoms with Crippen LogP contribution >= 0.6 is 0 Å². The number of carbonyl (C=O) groups is 3. The molecule has 0 saturated heterocycles. The number of esters is 2. The van der Waals surface area contributed by atoms with Crippen molar-refractivity contribution in [2.45, 2.75) is 180 Å². The second kappa shape index (κ2) is 42.9. The zero-order valence-corrected chi connectivity index (χ0v) is 39.3. The first kappa shape index (κ1) is 57.2. The first-order valence-electron chi connectivity index (χ1n) is 23.8. The van der Waals surface area contributed by atoms with Gasteiger partial charge in [-0.3, -0.25) is 9.59 Å². The summed E-state index contributed by atoms with van der Waals surface area (Å²) < 4.78 is 17.2. The molecule has 0 aromatic carbocycles. The minimum atomic E-state index is -1.13. The van der Waals surface area contributed by atoms with Gasteiger partial charge in [-0.1, -0.05) is 169 Å². The Morgan fingerprint density at radius 2 is 0.951 bits per heavy atom. The molecule has 0 aromatic heterocycles. The van der Waals surface area contributed by atoms with E-state index in [-0.39, 0.29) is 42.7 Å². The molecule has 0 aromatic rings. The van der Waals surface area contributed by atoms with E-state index in [9.17, 15) is 19.5 Å². The van der Waals surface area contributed by atoms with E-state index < -0.39 is 18.1 Å². The Labute approximate surface area is 373 Å². The standard InChI is InChI=1S/C53H87NO7/c1-6-8-10-12-14-16-18-20-22-23-24-25-26-27-28-30-32-34-36-38-40-42-44-52(56)61-49(47-59-46-45-50(53(57)58)54(3,4)5)48-60-51(55)43-41-39-37-35-33-31-29-21-19-17-15-13-11-9-7-2/h8-11,13-17,19-20,22,24-25,27-28,49-50H,6-7,12,18,21,23,26,29-48H2,1-5H3/b10-8+,11-9+,15-13+,16-14+,19-17+,22-20+,25-24+,28-27+. The molecule has 0 radical (unpaired) electrons. The van der Waals surface area contributed by atoms with Crippen LogP contribution < -0.4 is 5.11 Å². The highest BCUT2D eigenvalue weighted by atomic mass is 16.6. The Morgan fingerprint density at radius 3 is 1.46 bits per heavy atom. The Balaban J connectivity index is 4.35. The highest BCUT2D eigenvalue weighted by Gasteiger charge is 2.25. The monoisotopic (exact) mass is 850 g/mol. The number of ether oxygens (including phenoxy) is 3. The van der Waals surface area contributed by atoms with E-state index in [1.54, 1.807) is 21.1 Å². The average Bonchev–Trinajstić information content (AvgIpc) is 3.22. The lowest BCUT2D eigenvalue weighted by molar-refractivity contribution is -0.889. The first-order chi connectivity index (χ1) is 29.6. The van der Waals surface area contributed by atoms with Gasteiger partial charge in [-0.25, -0.2) is 0 Å². The summed E-state index contributed by atoms with van der Waals surface area (Å²) in [6.45, 7) is 4.38. The molecule has 0 aliphatic carbocycles. The van der Waals surface area contributed by atoms with Gasteiger partial charge in [0.15, 0.2) is 6.10 Å². The van der Waals surface area contributed by atoms with Crippen molar-refractivity contribution < 1.29 is 38.2 Å². The van der Waals surface area contributed by atoms with Gasteiger partial charge in [0.2, 0.25) is 0 Å². The second-order valence-corrected chi connectivity index (χ2v) is 16.6. The summed E-state index contributed by atoms with van der Waals surface area (Å²) in [5.74, 6) is -1.78. The Kier molecular flexibility index (Phi) is 40.3. The predicted molar refractivity (Wildman–Crippen MR) is 254 cm³/mol. The van der Waals surface area contributed by atoms with Crippen LogP contribution in [0.4, 0.5) is 0 Å². The van der Waals surface area contributed by atoms with Gasteiger partial charge in [0.05, 0.1) is 40.3 Å². The summed E-state index contributed by atoms with van der Waals surface area (Å²) in [7, 11) is 5.39. The van der Waals surface area contributed by atoms with Crippen molar-refractivity contribution in [3.05, 3.63) is 97.2 Å². The molecule has 61 heavy (non-hydrogen) atoms. The van der Waals surface area contributed by atoms with Crippen LogP contribution in [0.15, 0.2) is 97.2 Å². The molecule has 0 aliphatic rings. The largest absolute Gasteiger partial charge is 0.544 e. The van der Waals surface area contributed by atoms with E-state index >= 15 is 0 Å². The number of carboxylic acid groups (broad SMARTS) is 1. The van der Waals surface area contributed by atoms with Crippen LogP contribution in [0.1, 0.15) is 168 Å². The SMILES string of the molecule is CC/C=C/C=C/C=C/CCCCCCCCCC(=O)OCC(COCCC(C(=O)[O-])[N+](C)(C)C)OC(=O)CCCCCCCC/C=C/C/C=C/C/C=C/C/C=C/C/C=C/CC. The van der Waals surface area contributed by atoms with Crippen molar-refractivity contribution in [2.24, 2.45) is 0 Å². The highest BCUT2D eigenvalue weighted by Crippen LogP contribution is 2.13. The summed E-state index contributed by atoms with van der Waals surface area (Å²) >= 11 is 0. The number of quaternary nitrogens is 1. The van der Waals surface area contributed by atoms with E-state index in [0.717, 1.165) is 103 Å². The minimum Gasteiger partial charge on any atom is -0.544 e. The van der Waals surface area contributed by atoms with Crippen molar-refractivity contribution in [2.75, 3.05) is 41.0 Å². The summed E-state index contributed by atoms with van der Waals surface area (Å²) in [4.78, 5) is 37.0. The fraction of sp³-hybridized carbons (Fsp3) is 0.642. The van der Waals surface area contributed by atoms with Gasteiger partial charge in [-0.05, 0) is 77.0 Å². The molecule has 0 amide bonds. The maximum absolute atomic E-state index is 12.8. The van der Waals surface area contributed by atoms with E-state index in [1.165, 1.54) is 32.1 Å². The van der Waals surface area contributed by atoms with Crippen molar-refractivity contribution in [1.82, 2.24) is 0 Å². The van der Waals surface area contributed by atoms with Crippen LogP contribution in [0.5, 0.6) is 0 Å². The molecule has 346 valence electrons. The van der Waals surface area contributed by atoms with Crippen LogP contribution in [0, 0.1) is 0 Å². The molecule has 0 rings (SSSR count). The van der Waals surface area contributed by atoms with Gasteiger partial charge in [-0.15, -0.1) is 0 Å². The summed E-state index contributed by atoms with van der Waals surface area (Å²) in [5, 5.41) is 11.6. The molecule has 2 unspecified atom stereocenters. The smallest absolute Gasteiger partial charge is 0.306 e. The third kappa shape index (κ3) is 41.4. The van der Waals surface area contributed by atoms with E-state index in [0.29, 0.717) is 12.8 Å². The number of hydrogen-bond acceptors (Lipinski definition) is 7. The Hall–Kier alpha value is -3.75. The zero-order valence-electron chi connectivity index (χ0n) is 39.3. The molecule has 0 heterocycles. The van der Waals surface area contributed by atoms with Crippen molar-refractivity contribution in [3.8, 4) is 0 Å². The van der Waals surface area contributed by atoms with Gasteiger partial charge < -0.3 is 28.6 Å². The minimum absolute atomic E-state index is 0.0244. The van der Waals surface area contributed by atoms with Crippen molar-refractivity contribution in [1.29, 1.82) is 0 Å². The van der Waals surface area contributed by atoms with E-state index in [4.69, 9.17) is 14.2 Å². The fourth-order valence-electron chi connectivity index (χ4n) is 6.39. The van der Waals surface area contributed by atoms with Crippen LogP contribution in [-0.4, -0.2) is 75.5 Å². The average molecular weight is 850 g/mol. The summed E-state index contributed by atoms with van der Waals surface area (Å²) in [6, 6.07) is -0.736. The lowest BCUT2D eigenvalue weighted by atomic mass is 10.1. The maximum Gasteiger partial charge on any atom is 0.306 e. The lowest BCUT2D eigenvalue weighted by Gasteiger charge is -2.34. The van der Waals surface area contributed by atoms with Crippen LogP contribution in [0.2, 0.25) is 0 Å². The van der Waals surface area contributed by atoms with Crippen LogP contribution in [-0.2, 0) is 28.6 Å². The number of nitrogens with zero attached hydrogens (tertiary/aromatic N) is 1. The third-order valence-corrected chi connectivity index (χ3v) is 10.0. The van der Waals surface area contributed by atoms with Crippen LogP contribution in [0.3, 0.4) is 0 Å². The molecule has 0 saturated carbocycles. The molecule has 0 spiro atoms. The molecular weight excluding hydrogens is 763 g/mol. The van der Waals surface area contributed by atoms with E-state index in [1.807, 2.05) is 0 Å². The van der Waals surface area contributed by atoms with E-state index in [2.05, 4.69) is 111 Å². The lowest BCUT2D eigenvalue weighted by Crippen LogP contribution is -2.55. The van der Waals surface area contributed by atoms with Gasteiger partial charge >= 0.3 is 11.9 Å². The van der Waals surface area contributed by atoms with Crippen molar-refractivity contribution in [3.63, 3.8) is 0 Å². The second-order valence-electron chi connectivity index (χ2n) is 16.6. The fourth-order valence-corrected chi connectivity index (χ4v) is 6.39. The summed E-state index contributed by atoms with van der Waals surface area (Å²) in [6.07, 6.45) is 57.1. The normalized spacial score (nSPS) is 13.8.